The molecule has 1 aromatic heterocycles. The van der Waals surface area contributed by atoms with Gasteiger partial charge in [-0.2, -0.15) is 0 Å². The zero-order valence-corrected chi connectivity index (χ0v) is 10.9. The Labute approximate surface area is 116 Å². The number of aromatic amines is 1. The van der Waals surface area contributed by atoms with Crippen molar-refractivity contribution in [3.8, 4) is 0 Å². The van der Waals surface area contributed by atoms with Crippen LogP contribution in [0.4, 0.5) is 9.18 Å². The Bertz CT molecular complexity index is 638. The maximum Gasteiger partial charge on any atom is 0.510 e. The molecule has 0 aromatic carbocycles. The molecule has 116 valence electrons. The fourth-order valence-electron chi connectivity index (χ4n) is 1.98. The summed E-state index contributed by atoms with van der Waals surface area (Å²) >= 11 is 0. The molecule has 1 saturated heterocycles. The zero-order valence-electron chi connectivity index (χ0n) is 10.9. The van der Waals surface area contributed by atoms with Gasteiger partial charge in [-0.05, 0) is 6.92 Å². The number of aliphatic hydroxyl groups excluding tert-OH is 1. The molecule has 0 unspecified atom stereocenters. The molecule has 3 atom stereocenters. The van der Waals surface area contributed by atoms with Crippen molar-refractivity contribution in [3.05, 3.63) is 33.1 Å². The van der Waals surface area contributed by atoms with E-state index in [1.807, 2.05) is 4.98 Å². The number of nitrogens with one attached hydrogen (secondary N) is 1. The van der Waals surface area contributed by atoms with Gasteiger partial charge in [-0.25, -0.2) is 14.0 Å². The summed E-state index contributed by atoms with van der Waals surface area (Å²) in [6, 6.07) is 1.04. The van der Waals surface area contributed by atoms with Crippen LogP contribution in [0.3, 0.4) is 0 Å². The van der Waals surface area contributed by atoms with Gasteiger partial charge < -0.3 is 19.3 Å². The van der Waals surface area contributed by atoms with Gasteiger partial charge in [0.15, 0.2) is 24.8 Å². The maximum atomic E-state index is 14.7. The minimum absolute atomic E-state index is 0.316. The van der Waals surface area contributed by atoms with E-state index in [0.29, 0.717) is 0 Å². The average molecular weight is 304 g/mol. The van der Waals surface area contributed by atoms with E-state index >= 15 is 0 Å². The lowest BCUT2D eigenvalue weighted by molar-refractivity contribution is -0.0644. The quantitative estimate of drug-likeness (QED) is 0.557. The highest BCUT2D eigenvalue weighted by Gasteiger charge is 2.53. The maximum absolute atomic E-state index is 14.7. The van der Waals surface area contributed by atoms with Crippen molar-refractivity contribution in [2.24, 2.45) is 0 Å². The van der Waals surface area contributed by atoms with Crippen LogP contribution in [0.15, 0.2) is 21.9 Å². The van der Waals surface area contributed by atoms with E-state index in [1.54, 1.807) is 0 Å². The standard InChI is InChI=1S/C11H13FN2O7/c1-11(12)6(21-10(18)20-5-15)4-19-8(11)14-3-2-7(16)13-9(14)17/h2-3,6,8,15H,4-5H2,1H3,(H,13,16,17)/t6-,8-,11-/m1/s1. The number of ether oxygens (including phenoxy) is 3. The summed E-state index contributed by atoms with van der Waals surface area (Å²) in [4.78, 5) is 35.7. The molecule has 2 N–H and O–H groups in total. The average Bonchev–Trinajstić information content (AvgIpc) is 2.66. The van der Waals surface area contributed by atoms with Crippen LogP contribution >= 0.6 is 0 Å². The zero-order chi connectivity index (χ0) is 15.6. The molecule has 9 nitrogen and oxygen atoms in total. The van der Waals surface area contributed by atoms with E-state index in [1.165, 1.54) is 0 Å². The summed E-state index contributed by atoms with van der Waals surface area (Å²) < 4.78 is 29.5. The topological polar surface area (TPSA) is 120 Å². The third-order valence-corrected chi connectivity index (χ3v) is 3.04. The summed E-state index contributed by atoms with van der Waals surface area (Å²) in [5.41, 5.74) is -3.72. The predicted octanol–water partition coefficient (Wildman–Crippen LogP) is -0.735. The number of aromatic nitrogens is 2. The van der Waals surface area contributed by atoms with Crippen molar-refractivity contribution in [1.82, 2.24) is 9.55 Å². The number of H-pyrrole nitrogens is 1. The Hall–Kier alpha value is -2.20. The lowest BCUT2D eigenvalue weighted by atomic mass is 10.0. The van der Waals surface area contributed by atoms with Crippen molar-refractivity contribution in [2.45, 2.75) is 24.9 Å². The number of carbonyl (C=O) groups excluding carboxylic acids is 1. The van der Waals surface area contributed by atoms with E-state index in [-0.39, 0.29) is 6.61 Å². The van der Waals surface area contributed by atoms with Gasteiger partial charge in [0.1, 0.15) is 0 Å². The SMILES string of the molecule is C[C@@]1(F)[C@H](OC(=O)OCO)CO[C@H]1n1ccc(=O)[nH]c1=O. The van der Waals surface area contributed by atoms with Crippen LogP contribution in [0.25, 0.3) is 0 Å². The highest BCUT2D eigenvalue weighted by Crippen LogP contribution is 2.38. The molecule has 21 heavy (non-hydrogen) atoms. The van der Waals surface area contributed by atoms with Crippen LogP contribution < -0.4 is 11.2 Å². The van der Waals surface area contributed by atoms with Crippen LogP contribution in [0.1, 0.15) is 13.2 Å². The van der Waals surface area contributed by atoms with Gasteiger partial charge in [0.05, 0.1) is 6.61 Å². The smallest absolute Gasteiger partial charge is 0.425 e. The van der Waals surface area contributed by atoms with Gasteiger partial charge in [-0.1, -0.05) is 0 Å². The molecule has 2 rings (SSSR count). The third-order valence-electron chi connectivity index (χ3n) is 3.04. The first-order chi connectivity index (χ1) is 9.86. The number of rotatable bonds is 3. The van der Waals surface area contributed by atoms with E-state index in [4.69, 9.17) is 9.84 Å². The van der Waals surface area contributed by atoms with Crippen molar-refractivity contribution >= 4 is 6.16 Å². The number of nitrogens with zero attached hydrogens (tertiary/aromatic N) is 1. The monoisotopic (exact) mass is 304 g/mol. The summed E-state index contributed by atoms with van der Waals surface area (Å²) in [5, 5.41) is 8.41. The lowest BCUT2D eigenvalue weighted by Crippen LogP contribution is -2.44. The first-order valence-electron chi connectivity index (χ1n) is 5.92. The Morgan fingerprint density at radius 3 is 3.00 bits per heavy atom. The highest BCUT2D eigenvalue weighted by molar-refractivity contribution is 5.60. The molecular formula is C11H13FN2O7. The number of carbonyl (C=O) groups is 1. The molecule has 1 aliphatic rings. The van der Waals surface area contributed by atoms with Crippen LogP contribution in [-0.2, 0) is 14.2 Å². The van der Waals surface area contributed by atoms with Gasteiger partial charge >= 0.3 is 11.8 Å². The van der Waals surface area contributed by atoms with Crippen molar-refractivity contribution in [1.29, 1.82) is 0 Å². The summed E-state index contributed by atoms with van der Waals surface area (Å²) in [6.45, 7) is -0.138. The molecule has 1 fully saturated rings. The fraction of sp³-hybridized carbons (Fsp3) is 0.545. The van der Waals surface area contributed by atoms with Crippen molar-refractivity contribution in [2.75, 3.05) is 13.4 Å². The molecule has 2 heterocycles. The second-order valence-corrected chi connectivity index (χ2v) is 4.48. The van der Waals surface area contributed by atoms with Gasteiger partial charge in [0.25, 0.3) is 5.56 Å². The number of aliphatic hydroxyl groups is 1. The van der Waals surface area contributed by atoms with Gasteiger partial charge in [-0.15, -0.1) is 0 Å². The molecule has 1 aliphatic heterocycles. The van der Waals surface area contributed by atoms with Crippen LogP contribution in [-0.4, -0.2) is 46.0 Å². The molecule has 1 aromatic rings. The highest BCUT2D eigenvalue weighted by atomic mass is 19.1. The largest absolute Gasteiger partial charge is 0.510 e. The molecule has 10 heteroatoms. The second kappa shape index (κ2) is 5.66. The van der Waals surface area contributed by atoms with Gasteiger partial charge in [-0.3, -0.25) is 14.3 Å². The first kappa shape index (κ1) is 15.2. The third kappa shape index (κ3) is 2.95. The lowest BCUT2D eigenvalue weighted by Gasteiger charge is -2.26. The molecule has 0 saturated carbocycles. The molecular weight excluding hydrogens is 291 g/mol. The number of alkyl halides is 1. The fourth-order valence-corrected chi connectivity index (χ4v) is 1.98. The molecule has 0 radical (unpaired) electrons. The Morgan fingerprint density at radius 1 is 1.67 bits per heavy atom. The molecule has 0 bridgehead atoms. The van der Waals surface area contributed by atoms with E-state index in [2.05, 4.69) is 9.47 Å². The number of hydrogen-bond acceptors (Lipinski definition) is 7. The van der Waals surface area contributed by atoms with Crippen molar-refractivity contribution in [3.63, 3.8) is 0 Å². The van der Waals surface area contributed by atoms with Gasteiger partial charge in [0, 0.05) is 12.3 Å². The minimum Gasteiger partial charge on any atom is -0.425 e. The minimum atomic E-state index is -2.24. The molecule has 0 spiro atoms. The van der Waals surface area contributed by atoms with E-state index < -0.39 is 42.2 Å². The first-order valence-corrected chi connectivity index (χ1v) is 5.92. The van der Waals surface area contributed by atoms with Crippen molar-refractivity contribution < 1.29 is 28.5 Å². The number of hydrogen-bond donors (Lipinski definition) is 2. The Balaban J connectivity index is 2.22. The normalized spacial score (nSPS) is 28.3. The summed E-state index contributed by atoms with van der Waals surface area (Å²) in [6.07, 6.45) is -2.89. The Morgan fingerprint density at radius 2 is 2.38 bits per heavy atom. The van der Waals surface area contributed by atoms with E-state index in [0.717, 1.165) is 23.8 Å². The molecule has 0 amide bonds. The summed E-state index contributed by atoms with van der Waals surface area (Å²) in [7, 11) is 0. The van der Waals surface area contributed by atoms with Crippen LogP contribution in [0.2, 0.25) is 0 Å². The second-order valence-electron chi connectivity index (χ2n) is 4.48. The Kier molecular flexibility index (Phi) is 4.09. The summed E-state index contributed by atoms with van der Waals surface area (Å²) in [5.74, 6) is 0. The van der Waals surface area contributed by atoms with Gasteiger partial charge in [0.2, 0.25) is 0 Å². The van der Waals surface area contributed by atoms with E-state index in [9.17, 15) is 18.8 Å². The molecule has 0 aliphatic carbocycles. The van der Waals surface area contributed by atoms with Crippen LogP contribution in [0, 0.1) is 0 Å². The van der Waals surface area contributed by atoms with Crippen LogP contribution in [0.5, 0.6) is 0 Å². The predicted molar refractivity (Wildman–Crippen MR) is 64.3 cm³/mol. The number of halogens is 1.